The number of aliphatic hydroxyl groups excluding tert-OH is 2. The zero-order valence-electron chi connectivity index (χ0n) is 9.68. The van der Waals surface area contributed by atoms with E-state index < -0.39 is 17.1 Å². The molecule has 1 aromatic carbocycles. The Kier molecular flexibility index (Phi) is 5.53. The summed E-state index contributed by atoms with van der Waals surface area (Å²) >= 11 is 5.82. The van der Waals surface area contributed by atoms with Gasteiger partial charge in [-0.05, 0) is 18.0 Å². The van der Waals surface area contributed by atoms with E-state index in [1.54, 1.807) is 0 Å². The fourth-order valence-corrected chi connectivity index (χ4v) is 1.84. The zero-order chi connectivity index (χ0) is 14.4. The van der Waals surface area contributed by atoms with Gasteiger partial charge in [0.25, 0.3) is 5.69 Å². The van der Waals surface area contributed by atoms with Crippen LogP contribution in [0.25, 0.3) is 10.4 Å². The average molecular weight is 287 g/mol. The van der Waals surface area contributed by atoms with Gasteiger partial charge in [0.15, 0.2) is 0 Å². The second-order valence-corrected chi connectivity index (χ2v) is 4.09. The molecule has 2 unspecified atom stereocenters. The minimum Gasteiger partial charge on any atom is -0.390 e. The van der Waals surface area contributed by atoms with Crippen LogP contribution in [-0.2, 0) is 0 Å². The highest BCUT2D eigenvalue weighted by Gasteiger charge is 2.28. The monoisotopic (exact) mass is 286 g/mol. The third-order valence-corrected chi connectivity index (χ3v) is 2.80. The van der Waals surface area contributed by atoms with Crippen LogP contribution in [0.2, 0.25) is 5.02 Å². The summed E-state index contributed by atoms with van der Waals surface area (Å²) in [5.74, 6) is 0. The molecule has 9 heteroatoms. The van der Waals surface area contributed by atoms with E-state index >= 15 is 0 Å². The van der Waals surface area contributed by atoms with E-state index in [9.17, 15) is 20.3 Å². The Morgan fingerprint density at radius 3 is 2.79 bits per heavy atom. The number of nitro groups is 1. The highest BCUT2D eigenvalue weighted by molar-refractivity contribution is 6.31. The summed E-state index contributed by atoms with van der Waals surface area (Å²) in [4.78, 5) is 12.7. The standard InChI is InChI=1S/C10H11ClN4O4/c11-6-2-1-3-7(15(18)19)9(6)10(17)8(16)4-5-13-14-12/h1-3,8,10,16-17H,4-5H2. The minimum absolute atomic E-state index is 0.00969. The Labute approximate surface area is 113 Å². The first-order valence-corrected chi connectivity index (χ1v) is 5.66. The molecule has 0 aliphatic carbocycles. The van der Waals surface area contributed by atoms with Crippen molar-refractivity contribution < 1.29 is 15.1 Å². The lowest BCUT2D eigenvalue weighted by Crippen LogP contribution is -2.20. The topological polar surface area (TPSA) is 132 Å². The molecule has 0 saturated carbocycles. The molecule has 0 bridgehead atoms. The van der Waals surface area contributed by atoms with Crippen molar-refractivity contribution in [1.82, 2.24) is 0 Å². The SMILES string of the molecule is [N-]=[N+]=NCCC(O)C(O)c1c(Cl)cccc1[N+](=O)[O-]. The number of aliphatic hydroxyl groups is 2. The lowest BCUT2D eigenvalue weighted by molar-refractivity contribution is -0.386. The number of rotatable bonds is 6. The third kappa shape index (κ3) is 3.80. The molecular formula is C10H11ClN4O4. The van der Waals surface area contributed by atoms with E-state index in [1.807, 2.05) is 0 Å². The van der Waals surface area contributed by atoms with Gasteiger partial charge in [-0.15, -0.1) is 0 Å². The van der Waals surface area contributed by atoms with E-state index in [0.29, 0.717) is 0 Å². The van der Waals surface area contributed by atoms with Gasteiger partial charge in [-0.25, -0.2) is 0 Å². The molecule has 0 aliphatic heterocycles. The maximum Gasteiger partial charge on any atom is 0.276 e. The number of halogens is 1. The first-order valence-electron chi connectivity index (χ1n) is 5.28. The summed E-state index contributed by atoms with van der Waals surface area (Å²) in [6.07, 6.45) is -2.87. The molecule has 0 fully saturated rings. The van der Waals surface area contributed by atoms with Crippen molar-refractivity contribution >= 4 is 17.3 Å². The molecule has 8 nitrogen and oxygen atoms in total. The largest absolute Gasteiger partial charge is 0.390 e. The molecular weight excluding hydrogens is 276 g/mol. The summed E-state index contributed by atoms with van der Waals surface area (Å²) in [5.41, 5.74) is 7.58. The lowest BCUT2D eigenvalue weighted by Gasteiger charge is -2.18. The van der Waals surface area contributed by atoms with Crippen LogP contribution < -0.4 is 0 Å². The predicted molar refractivity (Wildman–Crippen MR) is 67.7 cm³/mol. The quantitative estimate of drug-likeness (QED) is 0.273. The fraction of sp³-hybridized carbons (Fsp3) is 0.400. The molecule has 2 N–H and O–H groups in total. The van der Waals surface area contributed by atoms with Gasteiger partial charge in [0.2, 0.25) is 0 Å². The lowest BCUT2D eigenvalue weighted by atomic mass is 10.0. The number of nitro benzene ring substituents is 1. The van der Waals surface area contributed by atoms with Crippen LogP contribution in [0.15, 0.2) is 23.3 Å². The van der Waals surface area contributed by atoms with Crippen molar-refractivity contribution in [2.45, 2.75) is 18.6 Å². The maximum absolute atomic E-state index is 10.8. The van der Waals surface area contributed by atoms with Gasteiger partial charge in [0.1, 0.15) is 6.10 Å². The van der Waals surface area contributed by atoms with E-state index in [4.69, 9.17) is 17.1 Å². The molecule has 0 saturated heterocycles. The molecule has 2 atom stereocenters. The second kappa shape index (κ2) is 6.91. The number of nitrogens with zero attached hydrogens (tertiary/aromatic N) is 4. The van der Waals surface area contributed by atoms with Crippen LogP contribution >= 0.6 is 11.6 Å². The first kappa shape index (κ1) is 15.2. The molecule has 0 aromatic heterocycles. The highest BCUT2D eigenvalue weighted by atomic mass is 35.5. The van der Waals surface area contributed by atoms with E-state index in [-0.39, 0.29) is 29.2 Å². The Morgan fingerprint density at radius 1 is 1.53 bits per heavy atom. The van der Waals surface area contributed by atoms with Crippen molar-refractivity contribution in [1.29, 1.82) is 0 Å². The summed E-state index contributed by atoms with van der Waals surface area (Å²) in [5, 5.41) is 33.7. The molecule has 102 valence electrons. The first-order chi connectivity index (χ1) is 8.99. The summed E-state index contributed by atoms with van der Waals surface area (Å²) in [6, 6.07) is 3.95. The number of azide groups is 1. The summed E-state index contributed by atoms with van der Waals surface area (Å²) < 4.78 is 0. The minimum atomic E-state index is -1.53. The molecule has 0 spiro atoms. The van der Waals surface area contributed by atoms with Crippen LogP contribution in [-0.4, -0.2) is 27.8 Å². The van der Waals surface area contributed by atoms with E-state index in [1.165, 1.54) is 18.2 Å². The molecule has 0 aliphatic rings. The van der Waals surface area contributed by atoms with Gasteiger partial charge in [0.05, 0.1) is 21.6 Å². The van der Waals surface area contributed by atoms with Gasteiger partial charge in [-0.1, -0.05) is 22.8 Å². The van der Waals surface area contributed by atoms with Gasteiger partial charge >= 0.3 is 0 Å². The van der Waals surface area contributed by atoms with Crippen LogP contribution in [0.3, 0.4) is 0 Å². The fourth-order valence-electron chi connectivity index (χ4n) is 1.56. The normalized spacial score (nSPS) is 13.4. The molecule has 1 aromatic rings. The Hall–Kier alpha value is -1.86. The second-order valence-electron chi connectivity index (χ2n) is 3.69. The smallest absolute Gasteiger partial charge is 0.276 e. The van der Waals surface area contributed by atoms with Crippen LogP contribution in [0, 0.1) is 10.1 Å². The predicted octanol–water partition coefficient (Wildman–Crippen LogP) is 2.34. The van der Waals surface area contributed by atoms with Crippen LogP contribution in [0.5, 0.6) is 0 Å². The highest BCUT2D eigenvalue weighted by Crippen LogP contribution is 2.34. The summed E-state index contributed by atoms with van der Waals surface area (Å²) in [6.45, 7) is -0.0347. The molecule has 1 rings (SSSR count). The zero-order valence-corrected chi connectivity index (χ0v) is 10.4. The Morgan fingerprint density at radius 2 is 2.21 bits per heavy atom. The van der Waals surface area contributed by atoms with E-state index in [2.05, 4.69) is 10.0 Å². The van der Waals surface area contributed by atoms with E-state index in [0.717, 1.165) is 0 Å². The van der Waals surface area contributed by atoms with Crippen molar-refractivity contribution in [3.05, 3.63) is 49.3 Å². The number of hydrogen-bond acceptors (Lipinski definition) is 5. The van der Waals surface area contributed by atoms with Gasteiger partial charge < -0.3 is 10.2 Å². The third-order valence-electron chi connectivity index (χ3n) is 2.47. The van der Waals surface area contributed by atoms with Crippen molar-refractivity contribution in [3.63, 3.8) is 0 Å². The van der Waals surface area contributed by atoms with Gasteiger partial charge in [-0.2, -0.15) is 0 Å². The van der Waals surface area contributed by atoms with Crippen molar-refractivity contribution in [2.24, 2.45) is 5.11 Å². The average Bonchev–Trinajstić information content (AvgIpc) is 2.37. The molecule has 0 amide bonds. The van der Waals surface area contributed by atoms with Crippen molar-refractivity contribution in [3.8, 4) is 0 Å². The molecule has 19 heavy (non-hydrogen) atoms. The van der Waals surface area contributed by atoms with Gasteiger partial charge in [-0.3, -0.25) is 10.1 Å². The summed E-state index contributed by atoms with van der Waals surface area (Å²) in [7, 11) is 0. The number of hydrogen-bond donors (Lipinski definition) is 2. The maximum atomic E-state index is 10.8. The van der Waals surface area contributed by atoms with Crippen LogP contribution in [0.1, 0.15) is 18.1 Å². The Balaban J connectivity index is 3.01. The van der Waals surface area contributed by atoms with Crippen molar-refractivity contribution in [2.75, 3.05) is 6.54 Å². The molecule has 0 heterocycles. The molecule has 0 radical (unpaired) electrons. The van der Waals surface area contributed by atoms with Crippen LogP contribution in [0.4, 0.5) is 5.69 Å². The Bertz CT molecular complexity index is 518. The number of benzene rings is 1. The van der Waals surface area contributed by atoms with Gasteiger partial charge in [0, 0.05) is 17.5 Å².